The lowest BCUT2D eigenvalue weighted by Crippen LogP contribution is -2.65. The highest BCUT2D eigenvalue weighted by molar-refractivity contribution is 6.00. The molecule has 0 amide bonds. The summed E-state index contributed by atoms with van der Waals surface area (Å²) in [6, 6.07) is 0. The lowest BCUT2D eigenvalue weighted by molar-refractivity contribution is -0.369. The number of hydrogen-bond acceptors (Lipinski definition) is 15. The van der Waals surface area contributed by atoms with Crippen molar-refractivity contribution in [1.82, 2.24) is 0 Å². The van der Waals surface area contributed by atoms with Gasteiger partial charge in [-0.15, -0.1) is 0 Å². The monoisotopic (exact) mass is 796 g/mol. The number of rotatable bonds is 11. The number of ether oxygens (including phenoxy) is 5. The molecule has 0 aromatic heterocycles. The van der Waals surface area contributed by atoms with Crippen LogP contribution in [-0.2, 0) is 38.1 Å². The minimum Gasteiger partial charge on any atom is -0.504 e. The van der Waals surface area contributed by atoms with Gasteiger partial charge in [0.2, 0.25) is 5.78 Å². The SMILES string of the molecule is COC(=O)[C@H]1O[C@@H](O[C@H]2CC[C@@]3(C)[C@@H](CCC4[C@H]5C(=O)C(O)=C([C@H](C)CC(=O)[C@H](C)C(C)C)[C@@]5(C)CC[C@@H]43)C2)[C@H](O[C@@H]2O[C@H](CO)[C@@H](O)[C@H](O)[C@H]2O)[C@@H](O)[C@@H]1O. The van der Waals surface area contributed by atoms with Gasteiger partial charge < -0.3 is 59.4 Å². The van der Waals surface area contributed by atoms with Gasteiger partial charge in [-0.1, -0.05) is 41.5 Å². The van der Waals surface area contributed by atoms with E-state index in [4.69, 9.17) is 23.7 Å². The molecule has 3 saturated carbocycles. The van der Waals surface area contributed by atoms with Gasteiger partial charge in [0, 0.05) is 23.7 Å². The number of esters is 1. The minimum absolute atomic E-state index is 0.0625. The Morgan fingerprint density at radius 1 is 0.857 bits per heavy atom. The molecule has 56 heavy (non-hydrogen) atoms. The van der Waals surface area contributed by atoms with Crippen LogP contribution in [0.5, 0.6) is 0 Å². The number of hydrogen-bond donors (Lipinski definition) is 7. The fraction of sp³-hybridized carbons (Fsp3) is 0.878. The highest BCUT2D eigenvalue weighted by Gasteiger charge is 2.64. The van der Waals surface area contributed by atoms with Crippen molar-refractivity contribution in [2.45, 2.75) is 160 Å². The molecule has 19 atom stereocenters. The van der Waals surface area contributed by atoms with E-state index in [0.29, 0.717) is 19.3 Å². The maximum Gasteiger partial charge on any atom is 0.337 e. The molecular weight excluding hydrogens is 732 g/mol. The van der Waals surface area contributed by atoms with E-state index in [9.17, 15) is 50.1 Å². The molecule has 2 heterocycles. The first-order chi connectivity index (χ1) is 26.3. The summed E-state index contributed by atoms with van der Waals surface area (Å²) in [5.41, 5.74) is 0.0637. The molecule has 318 valence electrons. The number of aliphatic hydroxyl groups is 7. The lowest BCUT2D eigenvalue weighted by Gasteiger charge is -2.60. The number of allylic oxidation sites excluding steroid dienone is 2. The zero-order chi connectivity index (χ0) is 41.2. The average molecular weight is 797 g/mol. The molecule has 15 nitrogen and oxygen atoms in total. The van der Waals surface area contributed by atoms with Gasteiger partial charge in [-0.3, -0.25) is 9.59 Å². The van der Waals surface area contributed by atoms with Gasteiger partial charge in [0.25, 0.3) is 0 Å². The van der Waals surface area contributed by atoms with E-state index >= 15 is 0 Å². The smallest absolute Gasteiger partial charge is 0.337 e. The Balaban J connectivity index is 1.17. The molecule has 0 aromatic carbocycles. The van der Waals surface area contributed by atoms with Crippen molar-refractivity contribution in [2.75, 3.05) is 13.7 Å². The average Bonchev–Trinajstić information content (AvgIpc) is 3.37. The number of Topliss-reactive ketones (excluding diaryl/α,β-unsaturated/α-hetero) is 2. The number of methoxy groups -OCH3 is 1. The van der Waals surface area contributed by atoms with E-state index in [1.807, 2.05) is 27.7 Å². The summed E-state index contributed by atoms with van der Waals surface area (Å²) in [5, 5.41) is 74.5. The van der Waals surface area contributed by atoms with Crippen LogP contribution in [0.1, 0.15) is 92.9 Å². The molecule has 5 fully saturated rings. The fourth-order valence-electron chi connectivity index (χ4n) is 11.6. The minimum atomic E-state index is -1.82. The summed E-state index contributed by atoms with van der Waals surface area (Å²) in [7, 11) is 1.11. The van der Waals surface area contributed by atoms with Crippen molar-refractivity contribution in [2.24, 2.45) is 52.3 Å². The first-order valence-electron chi connectivity index (χ1n) is 20.5. The maximum atomic E-state index is 14.0. The van der Waals surface area contributed by atoms with Crippen molar-refractivity contribution in [3.05, 3.63) is 11.3 Å². The van der Waals surface area contributed by atoms with Gasteiger partial charge in [0.1, 0.15) is 48.5 Å². The van der Waals surface area contributed by atoms with Crippen molar-refractivity contribution < 1.29 is 73.8 Å². The molecule has 6 rings (SSSR count). The molecule has 6 aliphatic rings. The number of fused-ring (bicyclic) bond motifs is 5. The maximum absolute atomic E-state index is 14.0. The molecule has 0 radical (unpaired) electrons. The highest BCUT2D eigenvalue weighted by atomic mass is 16.8. The van der Waals surface area contributed by atoms with E-state index in [1.54, 1.807) is 0 Å². The summed E-state index contributed by atoms with van der Waals surface area (Å²) < 4.78 is 28.6. The van der Waals surface area contributed by atoms with Gasteiger partial charge in [-0.25, -0.2) is 4.79 Å². The van der Waals surface area contributed by atoms with Crippen LogP contribution in [0.4, 0.5) is 0 Å². The van der Waals surface area contributed by atoms with Crippen LogP contribution in [0.15, 0.2) is 11.3 Å². The lowest BCUT2D eigenvalue weighted by atomic mass is 9.44. The third-order valence-electron chi connectivity index (χ3n) is 15.1. The van der Waals surface area contributed by atoms with Crippen LogP contribution in [0, 0.1) is 52.3 Å². The van der Waals surface area contributed by atoms with E-state index < -0.39 is 85.5 Å². The van der Waals surface area contributed by atoms with Crippen LogP contribution in [0.25, 0.3) is 0 Å². The topological polar surface area (TPSA) is 239 Å². The van der Waals surface area contributed by atoms with E-state index in [1.165, 1.54) is 0 Å². The molecule has 0 bridgehead atoms. The zero-order valence-electron chi connectivity index (χ0n) is 33.7. The fourth-order valence-corrected chi connectivity index (χ4v) is 11.6. The van der Waals surface area contributed by atoms with Crippen LogP contribution < -0.4 is 0 Å². The van der Waals surface area contributed by atoms with E-state index in [2.05, 4.69) is 13.8 Å². The molecule has 15 heteroatoms. The Labute approximate surface area is 328 Å². The highest BCUT2D eigenvalue weighted by Crippen LogP contribution is 2.67. The Morgan fingerprint density at radius 3 is 2.20 bits per heavy atom. The summed E-state index contributed by atoms with van der Waals surface area (Å²) in [4.78, 5) is 39.8. The second-order valence-electron chi connectivity index (χ2n) is 18.5. The third-order valence-corrected chi connectivity index (χ3v) is 15.1. The molecule has 2 saturated heterocycles. The standard InChI is InChI=1S/C41H64O15/c1-17(2)19(4)24(43)14-18(3)26-29(45)30(46)27-22-9-8-20-15-21(10-12-40(20,5)23(22)11-13-41(26,27)6)53-39-36(33(49)32(48)35(55-39)37(51)52-7)56-38-34(50)31(47)28(44)25(16-42)54-38/h17-23,25,27-28,31-36,38-39,42,44-45,47-50H,8-16H2,1-7H3/t18-,19-,20+,21+,22?,23+,25-,27+,28-,31+,32+,33+,34-,35+,36-,38+,39-,40+,41-/m1/s1. The normalized spacial score (nSPS) is 46.5. The van der Waals surface area contributed by atoms with Crippen molar-refractivity contribution in [1.29, 1.82) is 0 Å². The summed E-state index contributed by atoms with van der Waals surface area (Å²) in [5.74, 6) is -1.21. The zero-order valence-corrected chi connectivity index (χ0v) is 33.7. The van der Waals surface area contributed by atoms with Crippen molar-refractivity contribution >= 4 is 17.5 Å². The number of carbonyl (C=O) groups excluding carboxylic acids is 3. The quantitative estimate of drug-likeness (QED) is 0.116. The largest absolute Gasteiger partial charge is 0.504 e. The Bertz CT molecular complexity index is 1500. The number of aliphatic hydroxyl groups excluding tert-OH is 7. The molecule has 0 spiro atoms. The second kappa shape index (κ2) is 16.5. The van der Waals surface area contributed by atoms with Crippen LogP contribution in [0.2, 0.25) is 0 Å². The molecule has 4 aliphatic carbocycles. The van der Waals surface area contributed by atoms with Crippen LogP contribution in [0.3, 0.4) is 0 Å². The summed E-state index contributed by atoms with van der Waals surface area (Å²) in [6.07, 6.45) is -11.5. The molecule has 0 aromatic rings. The number of ketones is 2. The second-order valence-corrected chi connectivity index (χ2v) is 18.5. The van der Waals surface area contributed by atoms with Gasteiger partial charge in [0.15, 0.2) is 24.4 Å². The van der Waals surface area contributed by atoms with Gasteiger partial charge >= 0.3 is 5.97 Å². The van der Waals surface area contributed by atoms with Gasteiger partial charge in [-0.05, 0) is 85.5 Å². The predicted octanol–water partition coefficient (Wildman–Crippen LogP) is 1.71. The van der Waals surface area contributed by atoms with Gasteiger partial charge in [0.05, 0.1) is 19.8 Å². The first kappa shape index (κ1) is 43.5. The van der Waals surface area contributed by atoms with Gasteiger partial charge in [-0.2, -0.15) is 0 Å². The van der Waals surface area contributed by atoms with Crippen molar-refractivity contribution in [3.8, 4) is 0 Å². The third kappa shape index (κ3) is 7.41. The van der Waals surface area contributed by atoms with Crippen LogP contribution >= 0.6 is 0 Å². The Kier molecular flexibility index (Phi) is 12.9. The molecule has 1 unspecified atom stereocenters. The van der Waals surface area contributed by atoms with Crippen molar-refractivity contribution in [3.63, 3.8) is 0 Å². The Morgan fingerprint density at radius 2 is 1.55 bits per heavy atom. The molecular formula is C41H64O15. The molecule has 7 N–H and O–H groups in total. The predicted molar refractivity (Wildman–Crippen MR) is 196 cm³/mol. The first-order valence-corrected chi connectivity index (χ1v) is 20.5. The van der Waals surface area contributed by atoms with Crippen LogP contribution in [-0.4, -0.2) is 135 Å². The molecule has 2 aliphatic heterocycles. The summed E-state index contributed by atoms with van der Waals surface area (Å²) in [6.45, 7) is 11.6. The van der Waals surface area contributed by atoms with E-state index in [0.717, 1.165) is 44.8 Å². The van der Waals surface area contributed by atoms with E-state index in [-0.39, 0.29) is 64.2 Å². The number of carbonyl (C=O) groups is 3. The Hall–Kier alpha value is -2.05. The summed E-state index contributed by atoms with van der Waals surface area (Å²) >= 11 is 0.